The number of nitrogen functional groups attached to an aromatic ring is 1. The zero-order valence-electron chi connectivity index (χ0n) is 9.89. The molecule has 0 atom stereocenters. The molecule has 3 rings (SSSR count). The number of hydrogen-bond donors (Lipinski definition) is 1. The minimum atomic E-state index is 0.709. The van der Waals surface area contributed by atoms with E-state index in [2.05, 4.69) is 4.98 Å². The molecule has 18 heavy (non-hydrogen) atoms. The molecule has 0 fully saturated rings. The van der Waals surface area contributed by atoms with Crippen molar-refractivity contribution in [2.45, 2.75) is 6.92 Å². The summed E-state index contributed by atoms with van der Waals surface area (Å²) in [5.41, 5.74) is 10.4. The molecule has 0 aliphatic carbocycles. The van der Waals surface area contributed by atoms with Crippen LogP contribution in [-0.2, 0) is 0 Å². The van der Waals surface area contributed by atoms with Crippen LogP contribution in [0.1, 0.15) is 5.56 Å². The van der Waals surface area contributed by atoms with Crippen molar-refractivity contribution in [1.82, 2.24) is 9.38 Å². The lowest BCUT2D eigenvalue weighted by Gasteiger charge is -1.98. The topological polar surface area (TPSA) is 43.3 Å². The molecule has 0 saturated carbocycles. The standard InChI is InChI=1S/C14H12ClN3/c1-9-5-12(16)7-18-8-13(17-14(9)18)10-3-2-4-11(15)6-10/h2-8H,16H2,1H3. The predicted octanol–water partition coefficient (Wildman–Crippen LogP) is 3.55. The SMILES string of the molecule is Cc1cc(N)cn2cc(-c3cccc(Cl)c3)nc12. The number of nitrogens with zero attached hydrogens (tertiary/aromatic N) is 2. The Balaban J connectivity index is 2.22. The van der Waals surface area contributed by atoms with E-state index in [0.29, 0.717) is 5.02 Å². The highest BCUT2D eigenvalue weighted by molar-refractivity contribution is 6.30. The van der Waals surface area contributed by atoms with Gasteiger partial charge in [-0.25, -0.2) is 4.98 Å². The van der Waals surface area contributed by atoms with Crippen LogP contribution < -0.4 is 5.73 Å². The van der Waals surface area contributed by atoms with Crippen molar-refractivity contribution in [2.24, 2.45) is 0 Å². The lowest BCUT2D eigenvalue weighted by atomic mass is 10.2. The van der Waals surface area contributed by atoms with E-state index in [1.807, 2.05) is 54.0 Å². The number of aryl methyl sites for hydroxylation is 1. The van der Waals surface area contributed by atoms with E-state index < -0.39 is 0 Å². The number of fused-ring (bicyclic) bond motifs is 1. The second-order valence-electron chi connectivity index (χ2n) is 4.32. The first-order chi connectivity index (χ1) is 8.63. The number of anilines is 1. The average molecular weight is 258 g/mol. The average Bonchev–Trinajstić information content (AvgIpc) is 2.73. The molecule has 2 N–H and O–H groups in total. The summed E-state index contributed by atoms with van der Waals surface area (Å²) in [6, 6.07) is 9.59. The maximum Gasteiger partial charge on any atom is 0.140 e. The molecule has 0 aliphatic heterocycles. The number of pyridine rings is 1. The van der Waals surface area contributed by atoms with Gasteiger partial charge in [-0.05, 0) is 30.7 Å². The van der Waals surface area contributed by atoms with Gasteiger partial charge in [0.05, 0.1) is 5.69 Å². The summed E-state index contributed by atoms with van der Waals surface area (Å²) < 4.78 is 1.95. The Labute approximate surface area is 110 Å². The van der Waals surface area contributed by atoms with Crippen molar-refractivity contribution < 1.29 is 0 Å². The largest absolute Gasteiger partial charge is 0.398 e. The zero-order chi connectivity index (χ0) is 12.7. The van der Waals surface area contributed by atoms with Gasteiger partial charge in [-0.3, -0.25) is 0 Å². The van der Waals surface area contributed by atoms with Gasteiger partial charge in [-0.1, -0.05) is 23.7 Å². The fourth-order valence-corrected chi connectivity index (χ4v) is 2.27. The first-order valence-corrected chi connectivity index (χ1v) is 6.02. The summed E-state index contributed by atoms with van der Waals surface area (Å²) in [5, 5.41) is 0.709. The summed E-state index contributed by atoms with van der Waals surface area (Å²) in [6.45, 7) is 2.00. The van der Waals surface area contributed by atoms with E-state index in [1.165, 1.54) is 0 Å². The second kappa shape index (κ2) is 4.03. The first kappa shape index (κ1) is 11.1. The van der Waals surface area contributed by atoms with Crippen LogP contribution in [0.5, 0.6) is 0 Å². The summed E-state index contributed by atoms with van der Waals surface area (Å²) in [6.07, 6.45) is 3.83. The third kappa shape index (κ3) is 1.83. The van der Waals surface area contributed by atoms with Gasteiger partial charge in [-0.2, -0.15) is 0 Å². The third-order valence-electron chi connectivity index (χ3n) is 2.88. The number of nitrogens with two attached hydrogens (primary N) is 1. The summed E-state index contributed by atoms with van der Waals surface area (Å²) in [5.74, 6) is 0. The van der Waals surface area contributed by atoms with Crippen LogP contribution in [0.25, 0.3) is 16.9 Å². The van der Waals surface area contributed by atoms with Crippen LogP contribution in [-0.4, -0.2) is 9.38 Å². The maximum atomic E-state index is 6.00. The van der Waals surface area contributed by atoms with E-state index in [1.54, 1.807) is 0 Å². The zero-order valence-corrected chi connectivity index (χ0v) is 10.6. The van der Waals surface area contributed by atoms with E-state index in [4.69, 9.17) is 17.3 Å². The lowest BCUT2D eigenvalue weighted by molar-refractivity contribution is 1.17. The normalized spacial score (nSPS) is 11.0. The van der Waals surface area contributed by atoms with Crippen molar-refractivity contribution in [3.63, 3.8) is 0 Å². The molecule has 3 nitrogen and oxygen atoms in total. The Kier molecular flexibility index (Phi) is 2.49. The van der Waals surface area contributed by atoms with Crippen molar-refractivity contribution in [3.8, 4) is 11.3 Å². The van der Waals surface area contributed by atoms with E-state index >= 15 is 0 Å². The highest BCUT2D eigenvalue weighted by Gasteiger charge is 2.07. The molecule has 3 aromatic rings. The molecule has 2 aromatic heterocycles. The Bertz CT molecular complexity index is 731. The van der Waals surface area contributed by atoms with Gasteiger partial charge in [0.1, 0.15) is 5.65 Å². The molecule has 0 saturated heterocycles. The summed E-state index contributed by atoms with van der Waals surface area (Å²) in [7, 11) is 0. The number of hydrogen-bond acceptors (Lipinski definition) is 2. The minimum absolute atomic E-state index is 0.709. The number of imidazole rings is 1. The van der Waals surface area contributed by atoms with Crippen LogP contribution in [0.15, 0.2) is 42.7 Å². The van der Waals surface area contributed by atoms with Gasteiger partial charge in [0.2, 0.25) is 0 Å². The molecule has 1 aromatic carbocycles. The van der Waals surface area contributed by atoms with Crippen molar-refractivity contribution in [2.75, 3.05) is 5.73 Å². The van der Waals surface area contributed by atoms with Gasteiger partial charge in [0, 0.05) is 28.7 Å². The molecular formula is C14H12ClN3. The second-order valence-corrected chi connectivity index (χ2v) is 4.76. The maximum absolute atomic E-state index is 6.00. The monoisotopic (exact) mass is 257 g/mol. The molecule has 0 bridgehead atoms. The van der Waals surface area contributed by atoms with E-state index in [-0.39, 0.29) is 0 Å². The number of halogens is 1. The predicted molar refractivity (Wildman–Crippen MR) is 74.8 cm³/mol. The summed E-state index contributed by atoms with van der Waals surface area (Å²) in [4.78, 5) is 4.61. The molecule has 0 spiro atoms. The van der Waals surface area contributed by atoms with Crippen LogP contribution in [0, 0.1) is 6.92 Å². The van der Waals surface area contributed by atoms with Crippen LogP contribution >= 0.6 is 11.6 Å². The number of benzene rings is 1. The molecule has 0 aliphatic rings. The Morgan fingerprint density at radius 2 is 2.06 bits per heavy atom. The number of aromatic nitrogens is 2. The Morgan fingerprint density at radius 1 is 1.22 bits per heavy atom. The molecule has 0 radical (unpaired) electrons. The fraction of sp³-hybridized carbons (Fsp3) is 0.0714. The molecular weight excluding hydrogens is 246 g/mol. The van der Waals surface area contributed by atoms with Gasteiger partial charge < -0.3 is 10.1 Å². The summed E-state index contributed by atoms with van der Waals surface area (Å²) >= 11 is 6.00. The first-order valence-electron chi connectivity index (χ1n) is 5.64. The molecule has 0 amide bonds. The number of rotatable bonds is 1. The Morgan fingerprint density at radius 3 is 2.83 bits per heavy atom. The fourth-order valence-electron chi connectivity index (χ4n) is 2.08. The van der Waals surface area contributed by atoms with Crippen LogP contribution in [0.4, 0.5) is 5.69 Å². The molecule has 90 valence electrons. The highest BCUT2D eigenvalue weighted by Crippen LogP contribution is 2.24. The molecule has 0 unspecified atom stereocenters. The third-order valence-corrected chi connectivity index (χ3v) is 3.11. The lowest BCUT2D eigenvalue weighted by Crippen LogP contribution is -1.92. The van der Waals surface area contributed by atoms with Gasteiger partial charge in [0.25, 0.3) is 0 Å². The van der Waals surface area contributed by atoms with Crippen LogP contribution in [0.2, 0.25) is 5.02 Å². The van der Waals surface area contributed by atoms with Gasteiger partial charge >= 0.3 is 0 Å². The minimum Gasteiger partial charge on any atom is -0.398 e. The van der Waals surface area contributed by atoms with Gasteiger partial charge in [-0.15, -0.1) is 0 Å². The van der Waals surface area contributed by atoms with E-state index in [9.17, 15) is 0 Å². The van der Waals surface area contributed by atoms with Crippen molar-refractivity contribution >= 4 is 22.9 Å². The Hall–Kier alpha value is -2.00. The van der Waals surface area contributed by atoms with Crippen LogP contribution in [0.3, 0.4) is 0 Å². The van der Waals surface area contributed by atoms with Crippen molar-refractivity contribution in [3.05, 3.63) is 53.3 Å². The molecule has 4 heteroatoms. The highest BCUT2D eigenvalue weighted by atomic mass is 35.5. The van der Waals surface area contributed by atoms with Crippen molar-refractivity contribution in [1.29, 1.82) is 0 Å². The van der Waals surface area contributed by atoms with Gasteiger partial charge in [0.15, 0.2) is 0 Å². The molecule has 2 heterocycles. The van der Waals surface area contributed by atoms with E-state index in [0.717, 1.165) is 28.2 Å². The smallest absolute Gasteiger partial charge is 0.140 e. The quantitative estimate of drug-likeness (QED) is 0.725.